The Morgan fingerprint density at radius 1 is 0.561 bits per heavy atom. The minimum Gasteiger partial charge on any atom is -0.467 e. The first-order valence-corrected chi connectivity index (χ1v) is 22.4. The zero-order valence-corrected chi connectivity index (χ0v) is 40.0. The van der Waals surface area contributed by atoms with E-state index in [2.05, 4.69) is 47.2 Å². The number of amides is 7. The lowest BCUT2D eigenvalue weighted by atomic mass is 9.99. The first-order valence-electron chi connectivity index (χ1n) is 22.4. The first-order chi connectivity index (χ1) is 31.0. The summed E-state index contributed by atoms with van der Waals surface area (Å²) < 4.78 is 4.78. The minimum absolute atomic E-state index is 0.0534. The zero-order valence-electron chi connectivity index (χ0n) is 40.0. The smallest absolute Gasteiger partial charge is 0.328 e. The van der Waals surface area contributed by atoms with Gasteiger partial charge in [0.25, 0.3) is 0 Å². The zero-order chi connectivity index (χ0) is 50.5. The predicted octanol–water partition coefficient (Wildman–Crippen LogP) is -2.85. The van der Waals surface area contributed by atoms with Crippen molar-refractivity contribution in [3.63, 3.8) is 0 Å². The number of aliphatic imine (C=N–C) groups is 2. The second-order valence-corrected chi connectivity index (χ2v) is 16.7. The van der Waals surface area contributed by atoms with Crippen LogP contribution in [0.1, 0.15) is 113 Å². The van der Waals surface area contributed by atoms with Gasteiger partial charge in [-0.2, -0.15) is 0 Å². The third-order valence-corrected chi connectivity index (χ3v) is 10.4. The molecular formula is C42H78N14O10. The Labute approximate surface area is 388 Å². The molecule has 0 spiro atoms. The van der Waals surface area contributed by atoms with Crippen LogP contribution in [0.2, 0.25) is 0 Å². The van der Waals surface area contributed by atoms with Crippen molar-refractivity contribution in [3.05, 3.63) is 0 Å². The van der Waals surface area contributed by atoms with Crippen LogP contribution < -0.4 is 65.9 Å². The number of esters is 1. The lowest BCUT2D eigenvalue weighted by Gasteiger charge is -2.28. The number of ether oxygens (including phenoxy) is 1. The monoisotopic (exact) mass is 939 g/mol. The molecule has 66 heavy (non-hydrogen) atoms. The lowest BCUT2D eigenvalue weighted by Crippen LogP contribution is -2.59. The highest BCUT2D eigenvalue weighted by molar-refractivity contribution is 5.97. The van der Waals surface area contributed by atoms with Crippen molar-refractivity contribution in [2.45, 2.75) is 149 Å². The van der Waals surface area contributed by atoms with Crippen LogP contribution in [0.4, 0.5) is 0 Å². The number of rotatable bonds is 33. The predicted molar refractivity (Wildman–Crippen MR) is 248 cm³/mol. The van der Waals surface area contributed by atoms with Crippen LogP contribution in [-0.4, -0.2) is 135 Å². The molecule has 0 saturated heterocycles. The second kappa shape index (κ2) is 32.6. The highest BCUT2D eigenvalue weighted by Gasteiger charge is 2.33. The molecule has 17 N–H and O–H groups in total. The molecule has 0 aliphatic rings. The summed E-state index contributed by atoms with van der Waals surface area (Å²) in [6, 6.07) is -6.51. The molecule has 0 unspecified atom stereocenters. The normalized spacial score (nSPS) is 14.1. The molecule has 0 bridgehead atoms. The van der Waals surface area contributed by atoms with Crippen molar-refractivity contribution in [2.75, 3.05) is 33.3 Å². The van der Waals surface area contributed by atoms with E-state index in [1.807, 2.05) is 6.92 Å². The van der Waals surface area contributed by atoms with E-state index < -0.39 is 108 Å². The number of carbonyl (C=O) groups is 9. The molecule has 0 aliphatic carbocycles. The summed E-state index contributed by atoms with van der Waals surface area (Å²) in [6.45, 7) is 11.7. The van der Waals surface area contributed by atoms with Crippen LogP contribution >= 0.6 is 0 Å². The Morgan fingerprint density at radius 3 is 1.55 bits per heavy atom. The van der Waals surface area contributed by atoms with E-state index in [1.54, 1.807) is 34.6 Å². The van der Waals surface area contributed by atoms with E-state index in [-0.39, 0.29) is 69.5 Å². The molecule has 376 valence electrons. The van der Waals surface area contributed by atoms with Crippen molar-refractivity contribution in [1.29, 1.82) is 0 Å². The van der Waals surface area contributed by atoms with E-state index in [4.69, 9.17) is 33.4 Å². The highest BCUT2D eigenvalue weighted by atomic mass is 16.5. The van der Waals surface area contributed by atoms with Gasteiger partial charge in [0.1, 0.15) is 30.2 Å². The number of nitrogens with zero attached hydrogens (tertiary/aromatic N) is 2. The standard InChI is InChI=1S/C42H78N14O10/c1-9-25(6)35(40(65)66-8)55-32(60)22-50-38(63)33(23(2)3)54-31(59)18-17-30(58)27(15-12-20-48-41(44)45)52-36(61)29(14-10-11-19-43)53-39(64)34(24(4)5)56-37(62)28(51-26(7)57)16-13-21-49-42(46)47/h23-25,27-29,33-35H,9-22,43H2,1-8H3,(H,50,63)(H,51,57)(H,52,61)(H,53,64)(H,54,59)(H,55,60)(H,56,62)(H4,44,45,48)(H4,46,47,49)/t25-,27-,28-,29-,33-,34-,35-/m0/s1. The van der Waals surface area contributed by atoms with Crippen LogP contribution in [0.15, 0.2) is 9.98 Å². The van der Waals surface area contributed by atoms with Gasteiger partial charge in [0, 0.05) is 32.9 Å². The van der Waals surface area contributed by atoms with Crippen LogP contribution in [0.3, 0.4) is 0 Å². The van der Waals surface area contributed by atoms with Crippen LogP contribution in [0, 0.1) is 17.8 Å². The molecule has 0 heterocycles. The fourth-order valence-electron chi connectivity index (χ4n) is 6.41. The van der Waals surface area contributed by atoms with E-state index in [1.165, 1.54) is 14.0 Å². The van der Waals surface area contributed by atoms with Gasteiger partial charge in [-0.25, -0.2) is 4.79 Å². The Bertz CT molecular complexity index is 1670. The second-order valence-electron chi connectivity index (χ2n) is 16.7. The van der Waals surface area contributed by atoms with Gasteiger partial charge in [-0.3, -0.25) is 48.3 Å². The SMILES string of the molecule is CC[C@H](C)[C@H](NC(=O)CNC(=O)[C@@H](NC(=O)CCC(=O)[C@H](CCCN=C(N)N)NC(=O)[C@H](CCCCN)NC(=O)[C@@H](NC(=O)[C@H](CCCN=C(N)N)NC(C)=O)C(C)C)C(C)C)C(=O)OC. The fraction of sp³-hybridized carbons (Fsp3) is 0.738. The molecule has 0 aliphatic heterocycles. The number of guanidine groups is 2. The van der Waals surface area contributed by atoms with Gasteiger partial charge in [-0.15, -0.1) is 0 Å². The number of unbranched alkanes of at least 4 members (excludes halogenated alkanes) is 1. The van der Waals surface area contributed by atoms with E-state index >= 15 is 0 Å². The fourth-order valence-corrected chi connectivity index (χ4v) is 6.41. The number of ketones is 1. The van der Waals surface area contributed by atoms with Gasteiger partial charge in [-0.1, -0.05) is 48.0 Å². The van der Waals surface area contributed by atoms with Crippen molar-refractivity contribution in [1.82, 2.24) is 37.2 Å². The average Bonchev–Trinajstić information content (AvgIpc) is 3.25. The Balaban J connectivity index is 6.10. The Morgan fingerprint density at radius 2 is 1.05 bits per heavy atom. The molecule has 0 rings (SSSR count). The summed E-state index contributed by atoms with van der Waals surface area (Å²) in [4.78, 5) is 126. The summed E-state index contributed by atoms with van der Waals surface area (Å²) >= 11 is 0. The summed E-state index contributed by atoms with van der Waals surface area (Å²) in [5, 5.41) is 18.3. The molecule has 0 saturated carbocycles. The number of hydrogen-bond donors (Lipinski definition) is 12. The van der Waals surface area contributed by atoms with Gasteiger partial charge in [-0.05, 0) is 69.2 Å². The van der Waals surface area contributed by atoms with Crippen molar-refractivity contribution in [3.8, 4) is 0 Å². The Kier molecular flexibility index (Phi) is 29.6. The van der Waals surface area contributed by atoms with Gasteiger partial charge in [0.2, 0.25) is 41.4 Å². The minimum atomic E-state index is -1.18. The number of carbonyl (C=O) groups excluding carboxylic acids is 9. The molecule has 0 aromatic rings. The maximum atomic E-state index is 14.0. The number of methoxy groups -OCH3 is 1. The molecule has 7 amide bonds. The summed E-state index contributed by atoms with van der Waals surface area (Å²) in [7, 11) is 1.20. The summed E-state index contributed by atoms with van der Waals surface area (Å²) in [5.41, 5.74) is 27.4. The van der Waals surface area contributed by atoms with E-state index in [0.717, 1.165) is 0 Å². The van der Waals surface area contributed by atoms with Crippen LogP contribution in [-0.2, 0) is 47.9 Å². The molecule has 24 nitrogen and oxygen atoms in total. The lowest BCUT2D eigenvalue weighted by molar-refractivity contribution is -0.146. The van der Waals surface area contributed by atoms with E-state index in [9.17, 15) is 43.2 Å². The number of Topliss-reactive ketones (excluding diaryl/α,β-unsaturated/α-hetero) is 1. The number of nitrogens with one attached hydrogen (secondary N) is 7. The van der Waals surface area contributed by atoms with Gasteiger partial charge in [0.05, 0.1) is 19.7 Å². The van der Waals surface area contributed by atoms with Gasteiger partial charge >= 0.3 is 5.97 Å². The molecular weight excluding hydrogens is 861 g/mol. The largest absolute Gasteiger partial charge is 0.467 e. The maximum absolute atomic E-state index is 14.0. The maximum Gasteiger partial charge on any atom is 0.328 e. The summed E-state index contributed by atoms with van der Waals surface area (Å²) in [5.74, 6) is -7.09. The quantitative estimate of drug-likeness (QED) is 0.0136. The first kappa shape index (κ1) is 59.9. The molecule has 0 fully saturated rings. The number of hydrogen-bond acceptors (Lipinski definition) is 13. The summed E-state index contributed by atoms with van der Waals surface area (Å²) in [6.07, 6.45) is 1.69. The van der Waals surface area contributed by atoms with Crippen molar-refractivity contribution >= 4 is 65.0 Å². The van der Waals surface area contributed by atoms with Crippen molar-refractivity contribution in [2.24, 2.45) is 56.4 Å². The molecule has 0 aromatic carbocycles. The van der Waals surface area contributed by atoms with Gasteiger partial charge in [0.15, 0.2) is 17.7 Å². The van der Waals surface area contributed by atoms with E-state index in [0.29, 0.717) is 32.2 Å². The molecule has 0 aromatic heterocycles. The third-order valence-electron chi connectivity index (χ3n) is 10.4. The third kappa shape index (κ3) is 24.8. The topological polar surface area (TPSA) is 402 Å². The number of nitrogens with two attached hydrogens (primary N) is 5. The Hall–Kier alpha value is -6.07. The molecule has 24 heteroatoms. The van der Waals surface area contributed by atoms with Crippen LogP contribution in [0.5, 0.6) is 0 Å². The van der Waals surface area contributed by atoms with Gasteiger partial charge < -0.3 is 70.6 Å². The van der Waals surface area contributed by atoms with Crippen molar-refractivity contribution < 1.29 is 47.9 Å². The highest BCUT2D eigenvalue weighted by Crippen LogP contribution is 2.12. The molecule has 7 atom stereocenters. The molecule has 0 radical (unpaired) electrons. The van der Waals surface area contributed by atoms with Crippen LogP contribution in [0.25, 0.3) is 0 Å². The average molecular weight is 939 g/mol.